The number of nitrogens with zero attached hydrogens (tertiary/aromatic N) is 1. The van der Waals surface area contributed by atoms with Crippen molar-refractivity contribution in [2.24, 2.45) is 0 Å². The van der Waals surface area contributed by atoms with Crippen molar-refractivity contribution in [1.29, 1.82) is 0 Å². The van der Waals surface area contributed by atoms with Gasteiger partial charge in [-0.05, 0) is 42.5 Å². The fraction of sp³-hybridized carbons (Fsp3) is 0.316. The molecule has 1 aliphatic heterocycles. The van der Waals surface area contributed by atoms with Crippen molar-refractivity contribution < 1.29 is 4.79 Å². The second-order valence-electron chi connectivity index (χ2n) is 5.87. The van der Waals surface area contributed by atoms with Gasteiger partial charge < -0.3 is 10.2 Å². The Balaban J connectivity index is 1.56. The lowest BCUT2D eigenvalue weighted by molar-refractivity contribution is 0.193. The highest BCUT2D eigenvalue weighted by Crippen LogP contribution is 2.32. The first-order chi connectivity index (χ1) is 11.2. The Bertz CT molecular complexity index is 642. The predicted molar refractivity (Wildman–Crippen MR) is 93.7 cm³/mol. The Hall–Kier alpha value is -2.00. The van der Waals surface area contributed by atoms with E-state index in [9.17, 15) is 4.79 Å². The third-order valence-corrected chi connectivity index (χ3v) is 4.55. The van der Waals surface area contributed by atoms with E-state index in [0.29, 0.717) is 6.54 Å². The number of likely N-dealkylation sites (tertiary alicyclic amines) is 1. The Morgan fingerprint density at radius 3 is 2.61 bits per heavy atom. The maximum absolute atomic E-state index is 12.5. The lowest BCUT2D eigenvalue weighted by atomic mass is 10.1. The van der Waals surface area contributed by atoms with Crippen LogP contribution in [-0.2, 0) is 6.42 Å². The molecule has 4 heteroatoms. The van der Waals surface area contributed by atoms with Crippen LogP contribution in [0.5, 0.6) is 0 Å². The number of hydrogen-bond donors (Lipinski definition) is 1. The number of hydrogen-bond acceptors (Lipinski definition) is 1. The number of carbonyl (C=O) groups is 1. The van der Waals surface area contributed by atoms with Gasteiger partial charge in [0, 0.05) is 18.1 Å². The van der Waals surface area contributed by atoms with Crippen molar-refractivity contribution in [2.75, 3.05) is 13.1 Å². The minimum Gasteiger partial charge on any atom is -0.338 e. The molecule has 0 aromatic heterocycles. The second-order valence-corrected chi connectivity index (χ2v) is 6.31. The van der Waals surface area contributed by atoms with E-state index in [1.807, 2.05) is 47.4 Å². The highest BCUT2D eigenvalue weighted by molar-refractivity contribution is 6.30. The standard InChI is InChI=1S/C19H21ClN2O/c20-17-10-8-16(9-11-17)18-7-4-14-22(18)19(23)21-13-12-15-5-2-1-3-6-15/h1-3,5-6,8-11,18H,4,7,12-14H2,(H,21,23). The molecular weight excluding hydrogens is 308 g/mol. The van der Waals surface area contributed by atoms with Gasteiger partial charge in [-0.3, -0.25) is 0 Å². The second kappa shape index (κ2) is 7.51. The van der Waals surface area contributed by atoms with Crippen LogP contribution in [0.4, 0.5) is 4.79 Å². The molecule has 0 bridgehead atoms. The number of nitrogens with one attached hydrogen (secondary N) is 1. The molecule has 1 atom stereocenters. The number of carbonyl (C=O) groups excluding carboxylic acids is 1. The van der Waals surface area contributed by atoms with E-state index in [0.717, 1.165) is 36.4 Å². The molecule has 23 heavy (non-hydrogen) atoms. The third kappa shape index (κ3) is 4.05. The van der Waals surface area contributed by atoms with Gasteiger partial charge in [-0.1, -0.05) is 54.1 Å². The summed E-state index contributed by atoms with van der Waals surface area (Å²) < 4.78 is 0. The number of halogens is 1. The van der Waals surface area contributed by atoms with Gasteiger partial charge in [0.2, 0.25) is 0 Å². The maximum Gasteiger partial charge on any atom is 0.317 e. The number of rotatable bonds is 4. The summed E-state index contributed by atoms with van der Waals surface area (Å²) in [5, 5.41) is 3.77. The third-order valence-electron chi connectivity index (χ3n) is 4.30. The van der Waals surface area contributed by atoms with E-state index >= 15 is 0 Å². The van der Waals surface area contributed by atoms with Gasteiger partial charge in [0.1, 0.15) is 0 Å². The smallest absolute Gasteiger partial charge is 0.317 e. The van der Waals surface area contributed by atoms with Crippen LogP contribution in [0.2, 0.25) is 5.02 Å². The molecule has 1 unspecified atom stereocenters. The highest BCUT2D eigenvalue weighted by Gasteiger charge is 2.29. The first-order valence-electron chi connectivity index (χ1n) is 8.08. The van der Waals surface area contributed by atoms with Crippen LogP contribution in [0, 0.1) is 0 Å². The van der Waals surface area contributed by atoms with E-state index in [1.165, 1.54) is 5.56 Å². The molecule has 0 radical (unpaired) electrons. The van der Waals surface area contributed by atoms with Crippen LogP contribution in [0.15, 0.2) is 54.6 Å². The molecule has 1 heterocycles. The molecule has 120 valence electrons. The van der Waals surface area contributed by atoms with Crippen LogP contribution in [0.25, 0.3) is 0 Å². The van der Waals surface area contributed by atoms with Crippen molar-refractivity contribution >= 4 is 17.6 Å². The summed E-state index contributed by atoms with van der Waals surface area (Å²) in [6, 6.07) is 18.2. The quantitative estimate of drug-likeness (QED) is 0.884. The van der Waals surface area contributed by atoms with Gasteiger partial charge in [-0.25, -0.2) is 4.79 Å². The van der Waals surface area contributed by atoms with E-state index in [2.05, 4.69) is 17.4 Å². The Morgan fingerprint density at radius 1 is 1.13 bits per heavy atom. The maximum atomic E-state index is 12.5. The first-order valence-corrected chi connectivity index (χ1v) is 8.46. The normalized spacial score (nSPS) is 17.3. The minimum absolute atomic E-state index is 0.0263. The molecule has 0 saturated carbocycles. The Morgan fingerprint density at radius 2 is 1.87 bits per heavy atom. The predicted octanol–water partition coefficient (Wildman–Crippen LogP) is 4.43. The molecule has 2 aromatic carbocycles. The number of urea groups is 1. The van der Waals surface area contributed by atoms with Crippen LogP contribution in [0.3, 0.4) is 0 Å². The monoisotopic (exact) mass is 328 g/mol. The van der Waals surface area contributed by atoms with Crippen molar-refractivity contribution in [3.63, 3.8) is 0 Å². The van der Waals surface area contributed by atoms with Crippen LogP contribution in [-0.4, -0.2) is 24.0 Å². The SMILES string of the molecule is O=C(NCCc1ccccc1)N1CCCC1c1ccc(Cl)cc1. The van der Waals surface area contributed by atoms with Crippen molar-refractivity contribution in [3.05, 3.63) is 70.7 Å². The van der Waals surface area contributed by atoms with E-state index in [1.54, 1.807) is 0 Å². The zero-order chi connectivity index (χ0) is 16.1. The molecule has 1 fully saturated rings. The molecular formula is C19H21ClN2O. The van der Waals surface area contributed by atoms with Crippen molar-refractivity contribution in [3.8, 4) is 0 Å². The Kier molecular flexibility index (Phi) is 5.19. The molecule has 1 N–H and O–H groups in total. The average molecular weight is 329 g/mol. The van der Waals surface area contributed by atoms with Crippen LogP contribution < -0.4 is 5.32 Å². The van der Waals surface area contributed by atoms with Gasteiger partial charge in [-0.2, -0.15) is 0 Å². The summed E-state index contributed by atoms with van der Waals surface area (Å²) in [6.45, 7) is 1.47. The van der Waals surface area contributed by atoms with Gasteiger partial charge >= 0.3 is 6.03 Å². The summed E-state index contributed by atoms with van der Waals surface area (Å²) in [5.41, 5.74) is 2.40. The summed E-state index contributed by atoms with van der Waals surface area (Å²) in [7, 11) is 0. The minimum atomic E-state index is 0.0263. The molecule has 1 saturated heterocycles. The van der Waals surface area contributed by atoms with Crippen LogP contribution in [0.1, 0.15) is 30.0 Å². The van der Waals surface area contributed by atoms with E-state index in [4.69, 9.17) is 11.6 Å². The highest BCUT2D eigenvalue weighted by atomic mass is 35.5. The number of benzene rings is 2. The molecule has 2 aromatic rings. The van der Waals surface area contributed by atoms with Gasteiger partial charge in [0.25, 0.3) is 0 Å². The summed E-state index contributed by atoms with van der Waals surface area (Å²) in [4.78, 5) is 14.4. The van der Waals surface area contributed by atoms with E-state index in [-0.39, 0.29) is 12.1 Å². The zero-order valence-corrected chi connectivity index (χ0v) is 13.8. The first kappa shape index (κ1) is 15.9. The fourth-order valence-corrected chi connectivity index (χ4v) is 3.23. The summed E-state index contributed by atoms with van der Waals surface area (Å²) in [6.07, 6.45) is 2.90. The van der Waals surface area contributed by atoms with Gasteiger partial charge in [-0.15, -0.1) is 0 Å². The molecule has 3 nitrogen and oxygen atoms in total. The molecule has 0 aliphatic carbocycles. The molecule has 1 aliphatic rings. The van der Waals surface area contributed by atoms with Crippen molar-refractivity contribution in [2.45, 2.75) is 25.3 Å². The largest absolute Gasteiger partial charge is 0.338 e. The van der Waals surface area contributed by atoms with Gasteiger partial charge in [0.15, 0.2) is 0 Å². The molecule has 3 rings (SSSR count). The van der Waals surface area contributed by atoms with E-state index < -0.39 is 0 Å². The molecule has 2 amide bonds. The average Bonchev–Trinajstić information content (AvgIpc) is 3.06. The summed E-state index contributed by atoms with van der Waals surface area (Å²) in [5.74, 6) is 0. The zero-order valence-electron chi connectivity index (χ0n) is 13.0. The Labute approximate surface area is 142 Å². The number of amides is 2. The summed E-state index contributed by atoms with van der Waals surface area (Å²) >= 11 is 5.95. The van der Waals surface area contributed by atoms with Crippen molar-refractivity contribution in [1.82, 2.24) is 10.2 Å². The topological polar surface area (TPSA) is 32.3 Å². The van der Waals surface area contributed by atoms with Gasteiger partial charge in [0.05, 0.1) is 6.04 Å². The van der Waals surface area contributed by atoms with Crippen LogP contribution >= 0.6 is 11.6 Å². The molecule has 0 spiro atoms. The lowest BCUT2D eigenvalue weighted by Crippen LogP contribution is -2.40. The fourth-order valence-electron chi connectivity index (χ4n) is 3.10. The lowest BCUT2D eigenvalue weighted by Gasteiger charge is -2.25.